The van der Waals surface area contributed by atoms with Crippen molar-refractivity contribution in [1.29, 1.82) is 0 Å². The molecule has 1 aromatic carbocycles. The van der Waals surface area contributed by atoms with Gasteiger partial charge in [-0.15, -0.1) is 21.5 Å². The molecule has 0 spiro atoms. The van der Waals surface area contributed by atoms with Gasteiger partial charge in [-0.25, -0.2) is 14.0 Å². The highest BCUT2D eigenvalue weighted by molar-refractivity contribution is 7.09. The molecular formula is C26H27F7N6O5S. The molecule has 1 atom stereocenters. The fourth-order valence-electron chi connectivity index (χ4n) is 4.44. The number of halogens is 7. The topological polar surface area (TPSA) is 141 Å². The zero-order valence-corrected chi connectivity index (χ0v) is 24.2. The summed E-state index contributed by atoms with van der Waals surface area (Å²) < 4.78 is 79.7. The SMILES string of the molecule is Cc1ccc(F)c(CN2CCN3CCn4c(C(=O)NCc5cccs5)nnc4C3C2)c1.O=C(O)C(F)(F)F.O=C(O)C(F)(F)F. The predicted molar refractivity (Wildman–Crippen MR) is 144 cm³/mol. The second-order valence-corrected chi connectivity index (χ2v) is 10.8. The van der Waals surface area contributed by atoms with Crippen molar-refractivity contribution in [2.24, 2.45) is 0 Å². The Morgan fingerprint density at radius 2 is 1.60 bits per heavy atom. The smallest absolute Gasteiger partial charge is 0.475 e. The number of rotatable bonds is 5. The second-order valence-electron chi connectivity index (χ2n) is 9.78. The maximum absolute atomic E-state index is 14.3. The van der Waals surface area contributed by atoms with Crippen LogP contribution in [-0.4, -0.2) is 91.2 Å². The number of aryl methyl sites for hydroxylation is 1. The molecule has 3 N–H and O–H groups in total. The molecule has 1 fully saturated rings. The van der Waals surface area contributed by atoms with Crippen molar-refractivity contribution in [3.8, 4) is 0 Å². The molecule has 0 radical (unpaired) electrons. The average Bonchev–Trinajstić information content (AvgIpc) is 3.64. The summed E-state index contributed by atoms with van der Waals surface area (Å²) in [7, 11) is 0. The molecule has 0 aliphatic carbocycles. The second kappa shape index (κ2) is 14.8. The van der Waals surface area contributed by atoms with Gasteiger partial charge in [-0.05, 0) is 24.4 Å². The Bertz CT molecular complexity index is 1460. The molecule has 4 heterocycles. The van der Waals surface area contributed by atoms with Crippen LogP contribution in [0.15, 0.2) is 35.7 Å². The van der Waals surface area contributed by atoms with Crippen LogP contribution < -0.4 is 5.32 Å². The molecule has 0 saturated carbocycles. The van der Waals surface area contributed by atoms with Gasteiger partial charge in [0.25, 0.3) is 5.91 Å². The third-order valence-electron chi connectivity index (χ3n) is 6.55. The van der Waals surface area contributed by atoms with Crippen molar-refractivity contribution >= 4 is 29.2 Å². The highest BCUT2D eigenvalue weighted by Gasteiger charge is 2.39. The van der Waals surface area contributed by atoms with Gasteiger partial charge >= 0.3 is 24.3 Å². The quantitative estimate of drug-likeness (QED) is 0.346. The van der Waals surface area contributed by atoms with E-state index in [0.29, 0.717) is 25.5 Å². The molecular weight excluding hydrogens is 641 g/mol. The van der Waals surface area contributed by atoms with Gasteiger partial charge in [0.2, 0.25) is 5.82 Å². The number of benzene rings is 1. The van der Waals surface area contributed by atoms with Gasteiger partial charge in [-0.3, -0.25) is 14.6 Å². The van der Waals surface area contributed by atoms with Crippen LogP contribution in [0.1, 0.15) is 38.5 Å². The molecule has 246 valence electrons. The van der Waals surface area contributed by atoms with Crippen LogP contribution in [0, 0.1) is 12.7 Å². The van der Waals surface area contributed by atoms with Crippen molar-refractivity contribution < 1.29 is 55.3 Å². The van der Waals surface area contributed by atoms with E-state index in [1.807, 2.05) is 35.1 Å². The third-order valence-corrected chi connectivity index (χ3v) is 7.43. The first-order valence-electron chi connectivity index (χ1n) is 13.0. The van der Waals surface area contributed by atoms with E-state index in [4.69, 9.17) is 19.8 Å². The van der Waals surface area contributed by atoms with E-state index < -0.39 is 24.3 Å². The lowest BCUT2D eigenvalue weighted by Gasteiger charge is -2.43. The van der Waals surface area contributed by atoms with E-state index in [1.165, 1.54) is 0 Å². The van der Waals surface area contributed by atoms with E-state index in [0.717, 1.165) is 48.0 Å². The summed E-state index contributed by atoms with van der Waals surface area (Å²) in [6, 6.07) is 9.28. The van der Waals surface area contributed by atoms with Crippen molar-refractivity contribution in [2.75, 3.05) is 26.2 Å². The number of aliphatic carboxylic acids is 2. The Kier molecular flexibility index (Phi) is 11.6. The van der Waals surface area contributed by atoms with Crippen molar-refractivity contribution in [1.82, 2.24) is 29.9 Å². The maximum Gasteiger partial charge on any atom is 0.490 e. The zero-order chi connectivity index (χ0) is 33.5. The minimum Gasteiger partial charge on any atom is -0.475 e. The zero-order valence-electron chi connectivity index (χ0n) is 23.4. The van der Waals surface area contributed by atoms with Gasteiger partial charge in [0, 0.05) is 49.7 Å². The Morgan fingerprint density at radius 3 is 2.18 bits per heavy atom. The number of carboxylic acid groups (broad SMARTS) is 2. The molecule has 1 saturated heterocycles. The van der Waals surface area contributed by atoms with E-state index >= 15 is 0 Å². The first-order valence-corrected chi connectivity index (χ1v) is 13.9. The summed E-state index contributed by atoms with van der Waals surface area (Å²) in [5.74, 6) is -4.69. The van der Waals surface area contributed by atoms with Crippen molar-refractivity contribution in [2.45, 2.75) is 45.0 Å². The lowest BCUT2D eigenvalue weighted by Crippen LogP contribution is -2.52. The molecule has 0 bridgehead atoms. The summed E-state index contributed by atoms with van der Waals surface area (Å²) in [5.41, 5.74) is 1.78. The van der Waals surface area contributed by atoms with Crippen LogP contribution in [0.2, 0.25) is 0 Å². The largest absolute Gasteiger partial charge is 0.490 e. The Hall–Kier alpha value is -4.10. The number of nitrogens with one attached hydrogen (secondary N) is 1. The summed E-state index contributed by atoms with van der Waals surface area (Å²) in [5, 5.41) is 27.8. The van der Waals surface area contributed by atoms with Gasteiger partial charge < -0.3 is 20.1 Å². The van der Waals surface area contributed by atoms with Gasteiger partial charge in [0.15, 0.2) is 5.82 Å². The summed E-state index contributed by atoms with van der Waals surface area (Å²) in [6.45, 7) is 7.11. The van der Waals surface area contributed by atoms with Crippen LogP contribution >= 0.6 is 11.3 Å². The summed E-state index contributed by atoms with van der Waals surface area (Å²) in [4.78, 5) is 36.3. The van der Waals surface area contributed by atoms with E-state index in [2.05, 4.69) is 25.3 Å². The molecule has 2 aromatic heterocycles. The Morgan fingerprint density at radius 1 is 0.978 bits per heavy atom. The number of hydrogen-bond acceptors (Lipinski definition) is 8. The van der Waals surface area contributed by atoms with Crippen molar-refractivity contribution in [3.63, 3.8) is 0 Å². The van der Waals surface area contributed by atoms with E-state index in [1.54, 1.807) is 23.5 Å². The van der Waals surface area contributed by atoms with Crippen LogP contribution in [0.3, 0.4) is 0 Å². The number of thiophene rings is 1. The fraction of sp³-hybridized carbons (Fsp3) is 0.423. The number of carbonyl (C=O) groups excluding carboxylic acids is 1. The van der Waals surface area contributed by atoms with Crippen LogP contribution in [-0.2, 0) is 29.2 Å². The first kappa shape index (κ1) is 35.4. The third kappa shape index (κ3) is 9.95. The standard InChI is InChI=1S/C22H25FN6OS.2C2HF3O2/c1-15-4-5-18(23)16(11-15)13-27-6-7-28-8-9-29-20(19(28)14-27)25-26-21(29)22(30)24-12-17-3-2-10-31-17;2*3-2(4,5)1(6)7/h2-5,10-11,19H,6-9,12-14H2,1H3,(H,24,30);2*(H,6,7). The number of aromatic nitrogens is 3. The Labute approximate surface area is 254 Å². The fourth-order valence-corrected chi connectivity index (χ4v) is 5.08. The average molecular weight is 669 g/mol. The van der Waals surface area contributed by atoms with Gasteiger partial charge in [-0.1, -0.05) is 23.8 Å². The minimum atomic E-state index is -5.08. The normalized spacial score (nSPS) is 16.7. The highest BCUT2D eigenvalue weighted by Crippen LogP contribution is 2.29. The van der Waals surface area contributed by atoms with Gasteiger partial charge in [0.05, 0.1) is 12.6 Å². The molecule has 1 unspecified atom stereocenters. The van der Waals surface area contributed by atoms with Gasteiger partial charge in [-0.2, -0.15) is 26.3 Å². The minimum absolute atomic E-state index is 0.0571. The highest BCUT2D eigenvalue weighted by atomic mass is 32.1. The number of nitrogens with zero attached hydrogens (tertiary/aromatic N) is 5. The lowest BCUT2D eigenvalue weighted by molar-refractivity contribution is -0.193. The number of alkyl halides is 6. The van der Waals surface area contributed by atoms with E-state index in [9.17, 15) is 35.5 Å². The van der Waals surface area contributed by atoms with Crippen LogP contribution in [0.5, 0.6) is 0 Å². The van der Waals surface area contributed by atoms with Crippen molar-refractivity contribution in [3.05, 3.63) is 69.2 Å². The van der Waals surface area contributed by atoms with E-state index in [-0.39, 0.29) is 17.8 Å². The Balaban J connectivity index is 0.000000331. The molecule has 45 heavy (non-hydrogen) atoms. The number of hydrogen-bond donors (Lipinski definition) is 3. The summed E-state index contributed by atoms with van der Waals surface area (Å²) >= 11 is 1.61. The number of amides is 1. The predicted octanol–water partition coefficient (Wildman–Crippen LogP) is 3.86. The maximum atomic E-state index is 14.3. The molecule has 3 aromatic rings. The monoisotopic (exact) mass is 668 g/mol. The molecule has 2 aliphatic rings. The number of carbonyl (C=O) groups is 3. The molecule has 2 aliphatic heterocycles. The van der Waals surface area contributed by atoms with Gasteiger partial charge in [0.1, 0.15) is 5.82 Å². The molecule has 5 rings (SSSR count). The number of fused-ring (bicyclic) bond motifs is 3. The van der Waals surface area contributed by atoms with Crippen LogP contribution in [0.25, 0.3) is 0 Å². The molecule has 11 nitrogen and oxygen atoms in total. The lowest BCUT2D eigenvalue weighted by atomic mass is 10.1. The molecule has 19 heteroatoms. The molecule has 1 amide bonds. The first-order chi connectivity index (χ1) is 21.0. The van der Waals surface area contributed by atoms with Crippen LogP contribution in [0.4, 0.5) is 30.7 Å². The number of carboxylic acids is 2. The summed E-state index contributed by atoms with van der Waals surface area (Å²) in [6.07, 6.45) is -10.2. The number of piperazine rings is 1.